The zero-order chi connectivity index (χ0) is 17.2. The lowest BCUT2D eigenvalue weighted by atomic mass is 9.96. The van der Waals surface area contributed by atoms with E-state index in [2.05, 4.69) is 16.7 Å². The van der Waals surface area contributed by atoms with Crippen molar-refractivity contribution in [1.29, 1.82) is 5.26 Å². The van der Waals surface area contributed by atoms with Gasteiger partial charge in [-0.1, -0.05) is 0 Å². The minimum Gasteiger partial charge on any atom is -0.356 e. The summed E-state index contributed by atoms with van der Waals surface area (Å²) >= 11 is 0. The van der Waals surface area contributed by atoms with Gasteiger partial charge in [0.25, 0.3) is 0 Å². The Kier molecular flexibility index (Phi) is 5.09. The van der Waals surface area contributed by atoms with E-state index in [1.54, 1.807) is 0 Å². The zero-order valence-corrected chi connectivity index (χ0v) is 14.5. The first-order chi connectivity index (χ1) is 11.5. The van der Waals surface area contributed by atoms with Crippen molar-refractivity contribution in [1.82, 2.24) is 15.5 Å². The average molecular weight is 332 g/mol. The second-order valence-corrected chi connectivity index (χ2v) is 7.90. The number of likely N-dealkylation sites (tertiary alicyclic amines) is 1. The Morgan fingerprint density at radius 1 is 1.25 bits per heavy atom. The fourth-order valence-corrected chi connectivity index (χ4v) is 3.54. The maximum Gasteiger partial charge on any atom is 0.235 e. The van der Waals surface area contributed by atoms with Crippen LogP contribution in [0.3, 0.4) is 0 Å². The maximum atomic E-state index is 12.3. The predicted octanol–water partition coefficient (Wildman–Crippen LogP) is 1.03. The lowest BCUT2D eigenvalue weighted by molar-refractivity contribution is -0.129. The van der Waals surface area contributed by atoms with E-state index in [0.717, 1.165) is 38.8 Å². The molecule has 132 valence electrons. The molecular formula is C18H28N4O2. The van der Waals surface area contributed by atoms with Gasteiger partial charge >= 0.3 is 0 Å². The first-order valence-corrected chi connectivity index (χ1v) is 9.22. The van der Waals surface area contributed by atoms with E-state index in [-0.39, 0.29) is 30.2 Å². The first kappa shape index (κ1) is 17.2. The molecule has 0 bridgehead atoms. The van der Waals surface area contributed by atoms with E-state index < -0.39 is 5.54 Å². The molecule has 6 heteroatoms. The first-order valence-electron chi connectivity index (χ1n) is 9.22. The standard InChI is InChI=1S/C18H28N4O2/c1-18(12-19,15-6-7-15)21-16(23)11-22-8-2-3-14(10-22)17(24)20-9-13-4-5-13/h13-15H,2-11H2,1H3,(H,20,24)(H,21,23)/t14-,18-/m0/s1. The fourth-order valence-electron chi connectivity index (χ4n) is 3.54. The van der Waals surface area contributed by atoms with Gasteiger partial charge in [-0.2, -0.15) is 5.26 Å². The second kappa shape index (κ2) is 7.10. The molecule has 2 saturated carbocycles. The van der Waals surface area contributed by atoms with Gasteiger partial charge in [0.2, 0.25) is 11.8 Å². The van der Waals surface area contributed by atoms with Crippen LogP contribution in [0.1, 0.15) is 45.4 Å². The molecule has 0 aromatic rings. The zero-order valence-electron chi connectivity index (χ0n) is 14.5. The van der Waals surface area contributed by atoms with Crippen LogP contribution in [0.4, 0.5) is 0 Å². The topological polar surface area (TPSA) is 85.2 Å². The molecule has 2 amide bonds. The molecule has 2 atom stereocenters. The van der Waals surface area contributed by atoms with Gasteiger partial charge in [-0.05, 0) is 63.8 Å². The number of nitrogens with one attached hydrogen (secondary N) is 2. The molecule has 0 radical (unpaired) electrons. The normalized spacial score (nSPS) is 26.9. The van der Waals surface area contributed by atoms with Gasteiger partial charge in [-0.15, -0.1) is 0 Å². The monoisotopic (exact) mass is 332 g/mol. The van der Waals surface area contributed by atoms with E-state index in [0.29, 0.717) is 12.5 Å². The highest BCUT2D eigenvalue weighted by atomic mass is 16.2. The van der Waals surface area contributed by atoms with Gasteiger partial charge in [0.05, 0.1) is 18.5 Å². The summed E-state index contributed by atoms with van der Waals surface area (Å²) in [4.78, 5) is 26.6. The number of nitrogens with zero attached hydrogens (tertiary/aromatic N) is 2. The van der Waals surface area contributed by atoms with Crippen LogP contribution in [0.15, 0.2) is 0 Å². The van der Waals surface area contributed by atoms with Crippen LogP contribution in [0.25, 0.3) is 0 Å². The van der Waals surface area contributed by atoms with Gasteiger partial charge in [0.15, 0.2) is 0 Å². The number of amides is 2. The minimum atomic E-state index is -0.742. The molecule has 0 aromatic heterocycles. The third-order valence-corrected chi connectivity index (χ3v) is 5.53. The molecule has 3 rings (SSSR count). The molecule has 0 spiro atoms. The molecule has 2 N–H and O–H groups in total. The van der Waals surface area contributed by atoms with Crippen molar-refractivity contribution in [3.05, 3.63) is 0 Å². The Balaban J connectivity index is 1.44. The average Bonchev–Trinajstić information content (AvgIpc) is 3.45. The molecule has 1 heterocycles. The molecule has 6 nitrogen and oxygen atoms in total. The Morgan fingerprint density at radius 2 is 2.00 bits per heavy atom. The van der Waals surface area contributed by atoms with Gasteiger partial charge < -0.3 is 10.6 Å². The van der Waals surface area contributed by atoms with Crippen molar-refractivity contribution in [3.8, 4) is 6.07 Å². The molecule has 1 aliphatic heterocycles. The number of piperidine rings is 1. The third-order valence-electron chi connectivity index (χ3n) is 5.53. The molecule has 24 heavy (non-hydrogen) atoms. The summed E-state index contributed by atoms with van der Waals surface area (Å²) in [5, 5.41) is 15.3. The van der Waals surface area contributed by atoms with Crippen LogP contribution in [-0.4, -0.2) is 48.4 Å². The van der Waals surface area contributed by atoms with E-state index in [1.165, 1.54) is 12.8 Å². The van der Waals surface area contributed by atoms with Crippen LogP contribution in [0, 0.1) is 29.1 Å². The van der Waals surface area contributed by atoms with Crippen molar-refractivity contribution in [2.45, 2.75) is 51.0 Å². The number of hydrogen-bond donors (Lipinski definition) is 2. The van der Waals surface area contributed by atoms with Gasteiger partial charge in [0, 0.05) is 13.1 Å². The van der Waals surface area contributed by atoms with Crippen LogP contribution < -0.4 is 10.6 Å². The van der Waals surface area contributed by atoms with Gasteiger partial charge in [-0.25, -0.2) is 0 Å². The molecule has 0 aromatic carbocycles. The number of carbonyl (C=O) groups is 2. The summed E-state index contributed by atoms with van der Waals surface area (Å²) in [5.41, 5.74) is -0.742. The SMILES string of the molecule is C[C@@](C#N)(NC(=O)CN1CCC[C@H](C(=O)NCC2CC2)C1)C1CC1. The van der Waals surface area contributed by atoms with Crippen LogP contribution in [0.5, 0.6) is 0 Å². The molecule has 3 fully saturated rings. The Labute approximate surface area is 144 Å². The highest BCUT2D eigenvalue weighted by molar-refractivity contribution is 5.80. The Morgan fingerprint density at radius 3 is 2.62 bits per heavy atom. The van der Waals surface area contributed by atoms with Crippen LogP contribution in [-0.2, 0) is 9.59 Å². The summed E-state index contributed by atoms with van der Waals surface area (Å²) in [6.45, 7) is 4.37. The van der Waals surface area contributed by atoms with E-state index in [1.807, 2.05) is 11.8 Å². The van der Waals surface area contributed by atoms with Gasteiger partial charge in [-0.3, -0.25) is 14.5 Å². The Bertz CT molecular complexity index is 536. The summed E-state index contributed by atoms with van der Waals surface area (Å²) in [7, 11) is 0. The largest absolute Gasteiger partial charge is 0.356 e. The summed E-state index contributed by atoms with van der Waals surface area (Å²) in [5.74, 6) is 0.979. The lowest BCUT2D eigenvalue weighted by Gasteiger charge is -2.32. The van der Waals surface area contributed by atoms with Crippen LogP contribution in [0.2, 0.25) is 0 Å². The highest BCUT2D eigenvalue weighted by Gasteiger charge is 2.43. The van der Waals surface area contributed by atoms with Crippen molar-refractivity contribution < 1.29 is 9.59 Å². The minimum absolute atomic E-state index is 0.0175. The Hall–Kier alpha value is -1.61. The molecule has 3 aliphatic rings. The van der Waals surface area contributed by atoms with Crippen molar-refractivity contribution >= 4 is 11.8 Å². The van der Waals surface area contributed by atoms with E-state index in [4.69, 9.17) is 0 Å². The van der Waals surface area contributed by atoms with Gasteiger partial charge in [0.1, 0.15) is 5.54 Å². The van der Waals surface area contributed by atoms with E-state index >= 15 is 0 Å². The number of nitriles is 1. The summed E-state index contributed by atoms with van der Waals surface area (Å²) in [6, 6.07) is 2.25. The highest BCUT2D eigenvalue weighted by Crippen LogP contribution is 2.39. The molecular weight excluding hydrogens is 304 g/mol. The maximum absolute atomic E-state index is 12.3. The quantitative estimate of drug-likeness (QED) is 0.729. The molecule has 1 saturated heterocycles. The number of hydrogen-bond acceptors (Lipinski definition) is 4. The smallest absolute Gasteiger partial charge is 0.235 e. The molecule has 0 unspecified atom stereocenters. The predicted molar refractivity (Wildman–Crippen MR) is 89.8 cm³/mol. The number of carbonyl (C=O) groups excluding carboxylic acids is 2. The molecule has 2 aliphatic carbocycles. The van der Waals surface area contributed by atoms with Crippen LogP contribution >= 0.6 is 0 Å². The summed E-state index contributed by atoms with van der Waals surface area (Å²) < 4.78 is 0. The second-order valence-electron chi connectivity index (χ2n) is 7.90. The van der Waals surface area contributed by atoms with E-state index in [9.17, 15) is 14.9 Å². The fraction of sp³-hybridized carbons (Fsp3) is 0.833. The van der Waals surface area contributed by atoms with Crippen molar-refractivity contribution in [2.75, 3.05) is 26.2 Å². The number of rotatable bonds is 7. The summed E-state index contributed by atoms with van der Waals surface area (Å²) in [6.07, 6.45) is 6.32. The van der Waals surface area contributed by atoms with Crippen molar-refractivity contribution in [2.24, 2.45) is 17.8 Å². The lowest BCUT2D eigenvalue weighted by Crippen LogP contribution is -2.52. The third kappa shape index (κ3) is 4.47. The van der Waals surface area contributed by atoms with Crippen molar-refractivity contribution in [3.63, 3.8) is 0 Å².